The fourth-order valence-electron chi connectivity index (χ4n) is 3.31. The van der Waals surface area contributed by atoms with Crippen molar-refractivity contribution >= 4 is 17.5 Å². The number of hydrogen-bond acceptors (Lipinski definition) is 4. The molecule has 1 N–H and O–H groups in total. The first-order valence-corrected chi connectivity index (χ1v) is 9.26. The van der Waals surface area contributed by atoms with Crippen LogP contribution in [0.25, 0.3) is 11.3 Å². The van der Waals surface area contributed by atoms with Crippen molar-refractivity contribution in [2.45, 2.75) is 19.9 Å². The molecule has 1 fully saturated rings. The molecule has 2 aromatic carbocycles. The summed E-state index contributed by atoms with van der Waals surface area (Å²) >= 11 is 0. The fourth-order valence-corrected chi connectivity index (χ4v) is 3.31. The van der Waals surface area contributed by atoms with Gasteiger partial charge in [-0.2, -0.15) is 0 Å². The summed E-state index contributed by atoms with van der Waals surface area (Å²) in [6.07, 6.45) is 0.216. The lowest BCUT2D eigenvalue weighted by atomic mass is 10.1. The molecule has 2 heterocycles. The number of benzene rings is 2. The van der Waals surface area contributed by atoms with Crippen molar-refractivity contribution in [1.82, 2.24) is 10.5 Å². The number of carbonyl (C=O) groups excluding carboxylic acids is 2. The van der Waals surface area contributed by atoms with Gasteiger partial charge < -0.3 is 14.7 Å². The van der Waals surface area contributed by atoms with Gasteiger partial charge in [0, 0.05) is 30.3 Å². The highest BCUT2D eigenvalue weighted by molar-refractivity contribution is 6.00. The van der Waals surface area contributed by atoms with Crippen molar-refractivity contribution < 1.29 is 14.1 Å². The largest absolute Gasteiger partial charge is 0.356 e. The van der Waals surface area contributed by atoms with E-state index in [4.69, 9.17) is 4.52 Å². The number of rotatable bonds is 5. The van der Waals surface area contributed by atoms with Gasteiger partial charge in [-0.05, 0) is 19.1 Å². The zero-order chi connectivity index (χ0) is 19.5. The SMILES string of the molecule is Cc1ccc(N2CC(C(=O)NCc3cc(-c4ccccc4)on3)CC2=O)cc1. The Morgan fingerprint density at radius 2 is 1.93 bits per heavy atom. The Hall–Kier alpha value is -3.41. The molecule has 4 rings (SSSR count). The van der Waals surface area contributed by atoms with Crippen LogP contribution in [0.15, 0.2) is 65.2 Å². The van der Waals surface area contributed by atoms with Crippen LogP contribution in [0, 0.1) is 12.8 Å². The molecule has 1 aliphatic heterocycles. The van der Waals surface area contributed by atoms with Gasteiger partial charge in [0.1, 0.15) is 5.69 Å². The van der Waals surface area contributed by atoms with E-state index in [0.29, 0.717) is 18.0 Å². The molecule has 142 valence electrons. The third kappa shape index (κ3) is 3.81. The molecule has 1 saturated heterocycles. The van der Waals surface area contributed by atoms with Crippen molar-refractivity contribution in [1.29, 1.82) is 0 Å². The summed E-state index contributed by atoms with van der Waals surface area (Å²) in [6, 6.07) is 19.2. The minimum atomic E-state index is -0.366. The third-order valence-electron chi connectivity index (χ3n) is 4.90. The first-order chi connectivity index (χ1) is 13.6. The van der Waals surface area contributed by atoms with Crippen LogP contribution >= 0.6 is 0 Å². The Morgan fingerprint density at radius 3 is 2.68 bits per heavy atom. The summed E-state index contributed by atoms with van der Waals surface area (Å²) in [4.78, 5) is 26.5. The second-order valence-electron chi connectivity index (χ2n) is 7.01. The Balaban J connectivity index is 1.35. The van der Waals surface area contributed by atoms with Gasteiger partial charge in [-0.1, -0.05) is 53.2 Å². The van der Waals surface area contributed by atoms with Crippen LogP contribution < -0.4 is 10.2 Å². The molecular formula is C22H21N3O3. The average molecular weight is 375 g/mol. The molecule has 1 aromatic heterocycles. The zero-order valence-corrected chi connectivity index (χ0v) is 15.6. The fraction of sp³-hybridized carbons (Fsp3) is 0.227. The molecule has 0 spiro atoms. The van der Waals surface area contributed by atoms with Crippen molar-refractivity contribution in [2.24, 2.45) is 5.92 Å². The van der Waals surface area contributed by atoms with Crippen LogP contribution in [-0.4, -0.2) is 23.5 Å². The zero-order valence-electron chi connectivity index (χ0n) is 15.6. The summed E-state index contributed by atoms with van der Waals surface area (Å²) in [6.45, 7) is 2.66. The van der Waals surface area contributed by atoms with Gasteiger partial charge in [0.15, 0.2) is 5.76 Å². The second kappa shape index (κ2) is 7.68. The van der Waals surface area contributed by atoms with Crippen LogP contribution in [0.5, 0.6) is 0 Å². The maximum Gasteiger partial charge on any atom is 0.227 e. The van der Waals surface area contributed by atoms with Crippen molar-refractivity contribution in [3.05, 3.63) is 71.9 Å². The number of anilines is 1. The van der Waals surface area contributed by atoms with E-state index in [1.165, 1.54) is 0 Å². The van der Waals surface area contributed by atoms with E-state index in [-0.39, 0.29) is 30.7 Å². The molecular weight excluding hydrogens is 354 g/mol. The minimum absolute atomic E-state index is 0.0307. The van der Waals surface area contributed by atoms with E-state index in [1.807, 2.05) is 67.6 Å². The van der Waals surface area contributed by atoms with Gasteiger partial charge in [-0.15, -0.1) is 0 Å². The summed E-state index contributed by atoms with van der Waals surface area (Å²) < 4.78 is 5.35. The molecule has 1 atom stereocenters. The molecule has 3 aromatic rings. The maximum atomic E-state index is 12.5. The predicted molar refractivity (Wildman–Crippen MR) is 105 cm³/mol. The van der Waals surface area contributed by atoms with Gasteiger partial charge >= 0.3 is 0 Å². The number of nitrogens with one attached hydrogen (secondary N) is 1. The molecule has 0 aliphatic carbocycles. The highest BCUT2D eigenvalue weighted by Gasteiger charge is 2.35. The van der Waals surface area contributed by atoms with E-state index >= 15 is 0 Å². The lowest BCUT2D eigenvalue weighted by Crippen LogP contribution is -2.32. The Labute approximate surface area is 163 Å². The number of carbonyl (C=O) groups is 2. The van der Waals surface area contributed by atoms with Crippen LogP contribution in [0.2, 0.25) is 0 Å². The topological polar surface area (TPSA) is 75.4 Å². The van der Waals surface area contributed by atoms with Crippen LogP contribution in [0.3, 0.4) is 0 Å². The molecule has 1 aliphatic rings. The van der Waals surface area contributed by atoms with Gasteiger partial charge in [-0.25, -0.2) is 0 Å². The van der Waals surface area contributed by atoms with Crippen LogP contribution in [0.1, 0.15) is 17.7 Å². The number of nitrogens with zero attached hydrogens (tertiary/aromatic N) is 2. The van der Waals surface area contributed by atoms with Gasteiger partial charge in [0.25, 0.3) is 0 Å². The summed E-state index contributed by atoms with van der Waals surface area (Å²) in [5.41, 5.74) is 3.54. The van der Waals surface area contributed by atoms with Crippen molar-refractivity contribution in [2.75, 3.05) is 11.4 Å². The smallest absolute Gasteiger partial charge is 0.227 e. The lowest BCUT2D eigenvalue weighted by Gasteiger charge is -2.16. The number of hydrogen-bond donors (Lipinski definition) is 1. The van der Waals surface area contributed by atoms with Crippen LogP contribution in [-0.2, 0) is 16.1 Å². The summed E-state index contributed by atoms with van der Waals surface area (Å²) in [5.74, 6) is 0.116. The van der Waals surface area contributed by atoms with E-state index < -0.39 is 0 Å². The molecule has 1 unspecified atom stereocenters. The second-order valence-corrected chi connectivity index (χ2v) is 7.01. The number of amides is 2. The van der Waals surface area contributed by atoms with Crippen molar-refractivity contribution in [3.8, 4) is 11.3 Å². The monoisotopic (exact) mass is 375 g/mol. The number of aryl methyl sites for hydroxylation is 1. The first-order valence-electron chi connectivity index (χ1n) is 9.26. The van der Waals surface area contributed by atoms with Crippen molar-refractivity contribution in [3.63, 3.8) is 0 Å². The van der Waals surface area contributed by atoms with Gasteiger partial charge in [0.05, 0.1) is 12.5 Å². The molecule has 0 bridgehead atoms. The summed E-state index contributed by atoms with van der Waals surface area (Å²) in [7, 11) is 0. The molecule has 28 heavy (non-hydrogen) atoms. The van der Waals surface area contributed by atoms with E-state index in [0.717, 1.165) is 16.8 Å². The van der Waals surface area contributed by atoms with Gasteiger partial charge in [-0.3, -0.25) is 9.59 Å². The molecule has 0 radical (unpaired) electrons. The molecule has 0 saturated carbocycles. The highest BCUT2D eigenvalue weighted by atomic mass is 16.5. The lowest BCUT2D eigenvalue weighted by molar-refractivity contribution is -0.126. The summed E-state index contributed by atoms with van der Waals surface area (Å²) in [5, 5.41) is 6.88. The Bertz CT molecular complexity index is 980. The molecule has 2 amide bonds. The highest BCUT2D eigenvalue weighted by Crippen LogP contribution is 2.25. The quantitative estimate of drug-likeness (QED) is 0.742. The Morgan fingerprint density at radius 1 is 1.18 bits per heavy atom. The Kier molecular flexibility index (Phi) is 4.93. The predicted octanol–water partition coefficient (Wildman–Crippen LogP) is 3.32. The molecule has 6 nitrogen and oxygen atoms in total. The van der Waals surface area contributed by atoms with Crippen LogP contribution in [0.4, 0.5) is 5.69 Å². The standard InChI is InChI=1S/C22H21N3O3/c1-15-7-9-19(10-8-15)25-14-17(11-21(25)26)22(27)23-13-18-12-20(28-24-18)16-5-3-2-4-6-16/h2-10,12,17H,11,13-14H2,1H3,(H,23,27). The van der Waals surface area contributed by atoms with E-state index in [1.54, 1.807) is 4.90 Å². The average Bonchev–Trinajstić information content (AvgIpc) is 3.34. The molecule has 6 heteroatoms. The van der Waals surface area contributed by atoms with Gasteiger partial charge in [0.2, 0.25) is 11.8 Å². The third-order valence-corrected chi connectivity index (χ3v) is 4.90. The maximum absolute atomic E-state index is 12.5. The van der Waals surface area contributed by atoms with E-state index in [2.05, 4.69) is 10.5 Å². The normalized spacial score (nSPS) is 16.4. The van der Waals surface area contributed by atoms with E-state index in [9.17, 15) is 9.59 Å². The minimum Gasteiger partial charge on any atom is -0.356 e. The first kappa shape index (κ1) is 18.0. The number of aromatic nitrogens is 1.